The molecule has 33 heavy (non-hydrogen) atoms. The summed E-state index contributed by atoms with van der Waals surface area (Å²) in [4.78, 5) is 48.7. The topological polar surface area (TPSA) is 124 Å². The average molecular weight is 485 g/mol. The summed E-state index contributed by atoms with van der Waals surface area (Å²) >= 11 is 1.45. The molecule has 1 fully saturated rings. The van der Waals surface area contributed by atoms with Crippen LogP contribution in [0.25, 0.3) is 6.08 Å². The third-order valence-corrected chi connectivity index (χ3v) is 5.91. The summed E-state index contributed by atoms with van der Waals surface area (Å²) in [7, 11) is 0. The molecule has 1 aliphatic heterocycles. The molecule has 0 spiro atoms. The van der Waals surface area contributed by atoms with E-state index in [1.54, 1.807) is 6.08 Å². The summed E-state index contributed by atoms with van der Waals surface area (Å²) < 4.78 is 33.3. The molecule has 0 amide bonds. The van der Waals surface area contributed by atoms with E-state index in [9.17, 15) is 19.2 Å². The molecule has 0 bridgehead atoms. The largest absolute Gasteiger partial charge is 0.463 e. The Morgan fingerprint density at radius 1 is 0.909 bits per heavy atom. The van der Waals surface area contributed by atoms with Crippen molar-refractivity contribution in [1.29, 1.82) is 0 Å². The molecule has 1 saturated heterocycles. The first kappa shape index (κ1) is 26.3. The molecule has 0 saturated carbocycles. The van der Waals surface area contributed by atoms with Gasteiger partial charge in [0, 0.05) is 38.1 Å². The van der Waals surface area contributed by atoms with Gasteiger partial charge in [-0.3, -0.25) is 19.2 Å². The monoisotopic (exact) mass is 484 g/mol. The van der Waals surface area contributed by atoms with E-state index in [1.165, 1.54) is 25.2 Å². The van der Waals surface area contributed by atoms with Gasteiger partial charge >= 0.3 is 23.9 Å². The lowest BCUT2D eigenvalue weighted by atomic mass is 9.98. The molecule has 0 aliphatic carbocycles. The van der Waals surface area contributed by atoms with Crippen molar-refractivity contribution in [2.75, 3.05) is 6.61 Å². The third-order valence-electron chi connectivity index (χ3n) is 4.72. The Labute approximate surface area is 195 Å². The van der Waals surface area contributed by atoms with Crippen molar-refractivity contribution in [3.05, 3.63) is 21.9 Å². The lowest BCUT2D eigenvalue weighted by molar-refractivity contribution is -0.288. The molecule has 2 heterocycles. The highest BCUT2D eigenvalue weighted by atomic mass is 32.1. The van der Waals surface area contributed by atoms with Crippen LogP contribution in [0.1, 0.15) is 43.0 Å². The molecular weight excluding hydrogens is 456 g/mol. The van der Waals surface area contributed by atoms with E-state index in [1.807, 2.05) is 13.8 Å². The van der Waals surface area contributed by atoms with Gasteiger partial charge in [0.25, 0.3) is 0 Å². The van der Waals surface area contributed by atoms with Gasteiger partial charge in [-0.25, -0.2) is 0 Å². The maximum atomic E-state index is 11.9. The van der Waals surface area contributed by atoms with Crippen LogP contribution in [-0.4, -0.2) is 61.2 Å². The van der Waals surface area contributed by atoms with E-state index in [-0.39, 0.29) is 6.61 Å². The average Bonchev–Trinajstić information content (AvgIpc) is 2.97. The lowest BCUT2D eigenvalue weighted by Crippen LogP contribution is -2.63. The minimum absolute atomic E-state index is 0.326. The van der Waals surface area contributed by atoms with Crippen molar-refractivity contribution in [2.45, 2.75) is 72.2 Å². The number of hydrogen-bond acceptors (Lipinski definition) is 11. The first-order valence-electron chi connectivity index (χ1n) is 10.1. The smallest absolute Gasteiger partial charge is 0.303 e. The second-order valence-corrected chi connectivity index (χ2v) is 8.62. The molecule has 0 N–H and O–H groups in total. The van der Waals surface area contributed by atoms with Gasteiger partial charge in [0.1, 0.15) is 18.5 Å². The van der Waals surface area contributed by atoms with Crippen LogP contribution >= 0.6 is 11.3 Å². The van der Waals surface area contributed by atoms with E-state index < -0.39 is 54.6 Å². The number of carbonyl (C=O) groups is 4. The Balaban J connectivity index is 2.53. The molecule has 5 unspecified atom stereocenters. The highest BCUT2D eigenvalue weighted by molar-refractivity contribution is 7.13. The summed E-state index contributed by atoms with van der Waals surface area (Å²) in [5, 5.41) is 0. The molecule has 11 heteroatoms. The number of carbonyl (C=O) groups excluding carboxylic acids is 4. The van der Waals surface area contributed by atoms with Crippen LogP contribution in [0, 0.1) is 13.8 Å². The normalized spacial score (nSPS) is 24.4. The van der Waals surface area contributed by atoms with Crippen molar-refractivity contribution in [3.63, 3.8) is 0 Å². The van der Waals surface area contributed by atoms with E-state index in [0.29, 0.717) is 5.75 Å². The zero-order valence-electron chi connectivity index (χ0n) is 19.4. The summed E-state index contributed by atoms with van der Waals surface area (Å²) in [6, 6.07) is 0. The maximum absolute atomic E-state index is 11.9. The fraction of sp³-hybridized carbons (Fsp3) is 0.545. The number of hydrogen-bond donors (Lipinski definition) is 0. The first-order chi connectivity index (χ1) is 15.4. The van der Waals surface area contributed by atoms with Gasteiger partial charge in [0.2, 0.25) is 12.4 Å². The zero-order valence-corrected chi connectivity index (χ0v) is 20.2. The van der Waals surface area contributed by atoms with E-state index in [0.717, 1.165) is 29.2 Å². The van der Waals surface area contributed by atoms with E-state index in [4.69, 9.17) is 28.4 Å². The van der Waals surface area contributed by atoms with Crippen LogP contribution in [0.4, 0.5) is 0 Å². The molecule has 5 atom stereocenters. The SMILES string of the molecule is C=Cc1sc(C)c(C)c1OC1OC(COC(C)=O)C(OC(C)=O)C(OC(C)=O)C1OC(C)=O. The Hall–Kier alpha value is -2.92. The molecule has 2 rings (SSSR count). The lowest BCUT2D eigenvalue weighted by Gasteiger charge is -2.44. The third kappa shape index (κ3) is 6.78. The van der Waals surface area contributed by atoms with Crippen LogP contribution in [0.15, 0.2) is 6.58 Å². The summed E-state index contributed by atoms with van der Waals surface area (Å²) in [6.45, 7) is 11.9. The number of thiophene rings is 1. The van der Waals surface area contributed by atoms with Gasteiger partial charge in [-0.15, -0.1) is 11.3 Å². The Morgan fingerprint density at radius 3 is 1.97 bits per heavy atom. The molecule has 0 radical (unpaired) electrons. The second-order valence-electron chi connectivity index (χ2n) is 7.37. The van der Waals surface area contributed by atoms with Crippen LogP contribution < -0.4 is 4.74 Å². The van der Waals surface area contributed by atoms with Crippen molar-refractivity contribution in [2.24, 2.45) is 0 Å². The van der Waals surface area contributed by atoms with Crippen molar-refractivity contribution in [1.82, 2.24) is 0 Å². The fourth-order valence-corrected chi connectivity index (χ4v) is 4.27. The van der Waals surface area contributed by atoms with Crippen LogP contribution in [-0.2, 0) is 42.9 Å². The minimum atomic E-state index is -1.29. The number of ether oxygens (including phenoxy) is 6. The van der Waals surface area contributed by atoms with Crippen molar-refractivity contribution < 1.29 is 47.6 Å². The molecule has 10 nitrogen and oxygen atoms in total. The molecule has 1 aromatic heterocycles. The highest BCUT2D eigenvalue weighted by Gasteiger charge is 2.53. The zero-order chi connectivity index (χ0) is 24.9. The molecular formula is C22H28O10S. The van der Waals surface area contributed by atoms with Gasteiger partial charge in [-0.2, -0.15) is 0 Å². The van der Waals surface area contributed by atoms with Gasteiger partial charge < -0.3 is 28.4 Å². The van der Waals surface area contributed by atoms with Crippen LogP contribution in [0.3, 0.4) is 0 Å². The van der Waals surface area contributed by atoms with Gasteiger partial charge in [-0.05, 0) is 19.9 Å². The number of esters is 4. The Bertz CT molecular complexity index is 921. The van der Waals surface area contributed by atoms with Crippen LogP contribution in [0.5, 0.6) is 5.75 Å². The van der Waals surface area contributed by atoms with Gasteiger partial charge in [0.05, 0.1) is 4.88 Å². The predicted octanol–water partition coefficient (Wildman–Crippen LogP) is 2.47. The Morgan fingerprint density at radius 2 is 1.45 bits per heavy atom. The number of rotatable bonds is 8. The standard InChI is InChI=1S/C22H28O10S/c1-8-17-18(10(2)11(3)33-17)32-22-21(30-15(7)26)20(29-14(6)25)19(28-13(5)24)16(31-22)9-27-12(4)23/h8,16,19-22H,1,9H2,2-7H3. The molecule has 182 valence electrons. The summed E-state index contributed by atoms with van der Waals surface area (Å²) in [5.41, 5.74) is 0.822. The first-order valence-corrected chi connectivity index (χ1v) is 11.0. The fourth-order valence-electron chi connectivity index (χ4n) is 3.31. The molecule has 0 aromatic carbocycles. The van der Waals surface area contributed by atoms with Gasteiger partial charge in [-0.1, -0.05) is 6.58 Å². The van der Waals surface area contributed by atoms with Crippen molar-refractivity contribution >= 4 is 41.3 Å². The highest BCUT2D eigenvalue weighted by Crippen LogP contribution is 2.38. The number of aryl methyl sites for hydroxylation is 1. The van der Waals surface area contributed by atoms with E-state index in [2.05, 4.69) is 6.58 Å². The molecule has 1 aromatic rings. The second kappa shape index (κ2) is 11.3. The van der Waals surface area contributed by atoms with Crippen LogP contribution in [0.2, 0.25) is 0 Å². The van der Waals surface area contributed by atoms with Crippen molar-refractivity contribution in [3.8, 4) is 5.75 Å². The van der Waals surface area contributed by atoms with E-state index >= 15 is 0 Å². The summed E-state index contributed by atoms with van der Waals surface area (Å²) in [5.74, 6) is -2.25. The Kier molecular flexibility index (Phi) is 9.00. The molecule has 1 aliphatic rings. The van der Waals surface area contributed by atoms with Gasteiger partial charge in [0.15, 0.2) is 12.2 Å². The maximum Gasteiger partial charge on any atom is 0.303 e. The minimum Gasteiger partial charge on any atom is -0.463 e. The quantitative estimate of drug-likeness (QED) is 0.401. The summed E-state index contributed by atoms with van der Waals surface area (Å²) in [6.07, 6.45) is -4.56. The predicted molar refractivity (Wildman–Crippen MR) is 116 cm³/mol.